The molecule has 1 aliphatic heterocycles. The molecule has 4 rings (SSSR count). The molecule has 1 aliphatic rings. The molecule has 5 nitrogen and oxygen atoms in total. The van der Waals surface area contributed by atoms with Crippen molar-refractivity contribution < 1.29 is 4.79 Å². The molecule has 3 aromatic rings. The lowest BCUT2D eigenvalue weighted by Crippen LogP contribution is -2.41. The second-order valence-corrected chi connectivity index (χ2v) is 7.77. The average Bonchev–Trinajstić information content (AvgIpc) is 3.13. The molecule has 0 saturated carbocycles. The van der Waals surface area contributed by atoms with E-state index in [9.17, 15) is 4.79 Å². The van der Waals surface area contributed by atoms with Crippen molar-refractivity contribution in [3.05, 3.63) is 58.3 Å². The number of halogens is 2. The summed E-state index contributed by atoms with van der Waals surface area (Å²) in [7, 11) is 0. The first-order chi connectivity index (χ1) is 13.1. The first-order valence-corrected chi connectivity index (χ1v) is 9.77. The minimum absolute atomic E-state index is 0.0697. The van der Waals surface area contributed by atoms with Gasteiger partial charge in [0.05, 0.1) is 21.9 Å². The van der Waals surface area contributed by atoms with Gasteiger partial charge in [0.15, 0.2) is 0 Å². The summed E-state index contributed by atoms with van der Waals surface area (Å²) in [5.74, 6) is 0.546. The summed E-state index contributed by atoms with van der Waals surface area (Å²) in [5.41, 5.74) is 2.72. The van der Waals surface area contributed by atoms with E-state index in [4.69, 9.17) is 23.2 Å². The molecule has 2 aromatic heterocycles. The Bertz CT molecular complexity index is 964. The number of nitrogens with one attached hydrogen (secondary N) is 2. The minimum atomic E-state index is -0.0697. The number of aromatic nitrogens is 2. The van der Waals surface area contributed by atoms with E-state index in [1.54, 1.807) is 6.20 Å². The van der Waals surface area contributed by atoms with E-state index in [-0.39, 0.29) is 6.03 Å². The molecule has 0 bridgehead atoms. The van der Waals surface area contributed by atoms with Gasteiger partial charge in [0.1, 0.15) is 5.65 Å². The summed E-state index contributed by atoms with van der Waals surface area (Å²) >= 11 is 12.1. The standard InChI is InChI=1S/C20H20Cl2N4O/c21-17-2-1-14(10-18(17)22)9-13-4-7-26(8-5-13)20(27)25-16-11-15-3-6-23-19(15)24-12-16/h1-3,6,10-13H,4-5,7-9H2,(H,23,24)(H,25,27). The fraction of sp³-hybridized carbons (Fsp3) is 0.300. The highest BCUT2D eigenvalue weighted by Crippen LogP contribution is 2.27. The van der Waals surface area contributed by atoms with Crippen molar-refractivity contribution in [1.82, 2.24) is 14.9 Å². The van der Waals surface area contributed by atoms with Crippen LogP contribution < -0.4 is 5.32 Å². The van der Waals surface area contributed by atoms with Crippen molar-refractivity contribution in [2.24, 2.45) is 5.92 Å². The van der Waals surface area contributed by atoms with Crippen LogP contribution >= 0.6 is 23.2 Å². The molecule has 2 amide bonds. The Morgan fingerprint density at radius 2 is 2.00 bits per heavy atom. The van der Waals surface area contributed by atoms with Crippen molar-refractivity contribution in [1.29, 1.82) is 0 Å². The zero-order valence-electron chi connectivity index (χ0n) is 14.7. The fourth-order valence-electron chi connectivity index (χ4n) is 3.55. The molecular weight excluding hydrogens is 383 g/mol. The maximum Gasteiger partial charge on any atom is 0.321 e. The third-order valence-electron chi connectivity index (χ3n) is 5.06. The molecule has 1 saturated heterocycles. The summed E-state index contributed by atoms with van der Waals surface area (Å²) in [4.78, 5) is 21.8. The van der Waals surface area contributed by atoms with Crippen LogP contribution in [0.25, 0.3) is 11.0 Å². The van der Waals surface area contributed by atoms with E-state index < -0.39 is 0 Å². The lowest BCUT2D eigenvalue weighted by atomic mass is 9.90. The van der Waals surface area contributed by atoms with Crippen LogP contribution in [0.15, 0.2) is 42.7 Å². The maximum absolute atomic E-state index is 12.5. The van der Waals surface area contributed by atoms with Crippen molar-refractivity contribution in [3.8, 4) is 0 Å². The van der Waals surface area contributed by atoms with Gasteiger partial charge in [0.25, 0.3) is 0 Å². The Balaban J connectivity index is 1.31. The summed E-state index contributed by atoms with van der Waals surface area (Å²) < 4.78 is 0. The number of hydrogen-bond donors (Lipinski definition) is 2. The number of nitrogens with zero attached hydrogens (tertiary/aromatic N) is 2. The van der Waals surface area contributed by atoms with E-state index >= 15 is 0 Å². The molecule has 0 radical (unpaired) electrons. The van der Waals surface area contributed by atoms with Crippen molar-refractivity contribution in [3.63, 3.8) is 0 Å². The SMILES string of the molecule is O=C(Nc1cnc2[nH]ccc2c1)N1CCC(Cc2ccc(Cl)c(Cl)c2)CC1. The molecule has 0 atom stereocenters. The molecule has 27 heavy (non-hydrogen) atoms. The number of anilines is 1. The fourth-order valence-corrected chi connectivity index (χ4v) is 3.87. The number of carbonyl (C=O) groups is 1. The monoisotopic (exact) mass is 402 g/mol. The van der Waals surface area contributed by atoms with Crippen LogP contribution in [-0.4, -0.2) is 34.0 Å². The van der Waals surface area contributed by atoms with Gasteiger partial charge in [-0.3, -0.25) is 0 Å². The third kappa shape index (κ3) is 4.20. The minimum Gasteiger partial charge on any atom is -0.346 e. The molecule has 1 fully saturated rings. The first-order valence-electron chi connectivity index (χ1n) is 9.01. The van der Waals surface area contributed by atoms with E-state index in [2.05, 4.69) is 15.3 Å². The van der Waals surface area contributed by atoms with Crippen LogP contribution in [0.2, 0.25) is 10.0 Å². The molecule has 140 valence electrons. The molecule has 0 unspecified atom stereocenters. The highest BCUT2D eigenvalue weighted by molar-refractivity contribution is 6.42. The van der Waals surface area contributed by atoms with E-state index in [1.165, 1.54) is 5.56 Å². The zero-order chi connectivity index (χ0) is 18.8. The van der Waals surface area contributed by atoms with Gasteiger partial charge in [-0.15, -0.1) is 0 Å². The first kappa shape index (κ1) is 18.1. The van der Waals surface area contributed by atoms with Gasteiger partial charge < -0.3 is 15.2 Å². The number of benzene rings is 1. The molecule has 7 heteroatoms. The Hall–Kier alpha value is -2.24. The van der Waals surface area contributed by atoms with E-state index in [0.717, 1.165) is 43.4 Å². The molecule has 0 aliphatic carbocycles. The third-order valence-corrected chi connectivity index (χ3v) is 5.80. The summed E-state index contributed by atoms with van der Waals surface area (Å²) in [6.45, 7) is 1.50. The molecule has 2 N–H and O–H groups in total. The van der Waals surface area contributed by atoms with Crippen LogP contribution in [0, 0.1) is 5.92 Å². The highest BCUT2D eigenvalue weighted by atomic mass is 35.5. The number of aromatic amines is 1. The Labute approximate surface area is 167 Å². The van der Waals surface area contributed by atoms with E-state index in [0.29, 0.717) is 21.7 Å². The predicted molar refractivity (Wildman–Crippen MR) is 110 cm³/mol. The van der Waals surface area contributed by atoms with Gasteiger partial charge >= 0.3 is 6.03 Å². The Morgan fingerprint density at radius 3 is 2.78 bits per heavy atom. The number of urea groups is 1. The van der Waals surface area contributed by atoms with Gasteiger partial charge in [0.2, 0.25) is 0 Å². The number of carbonyl (C=O) groups excluding carboxylic acids is 1. The quantitative estimate of drug-likeness (QED) is 0.619. The maximum atomic E-state index is 12.5. The van der Waals surface area contributed by atoms with Crippen LogP contribution in [0.1, 0.15) is 18.4 Å². The molecule has 3 heterocycles. The predicted octanol–water partition coefficient (Wildman–Crippen LogP) is 5.36. The second kappa shape index (κ2) is 7.79. The van der Waals surface area contributed by atoms with Crippen molar-refractivity contribution in [2.45, 2.75) is 19.3 Å². The topological polar surface area (TPSA) is 61.0 Å². The Kier molecular flexibility index (Phi) is 5.23. The van der Waals surface area contributed by atoms with Crippen molar-refractivity contribution >= 4 is 46.0 Å². The zero-order valence-corrected chi connectivity index (χ0v) is 16.2. The van der Waals surface area contributed by atoms with Crippen LogP contribution in [0.4, 0.5) is 10.5 Å². The average molecular weight is 403 g/mol. The molecular formula is C20H20Cl2N4O. The number of piperidine rings is 1. The number of hydrogen-bond acceptors (Lipinski definition) is 2. The molecule has 1 aromatic carbocycles. The van der Waals surface area contributed by atoms with Gasteiger partial charge in [0, 0.05) is 24.7 Å². The van der Waals surface area contributed by atoms with Gasteiger partial charge in [-0.2, -0.15) is 0 Å². The lowest BCUT2D eigenvalue weighted by molar-refractivity contribution is 0.182. The number of likely N-dealkylation sites (tertiary alicyclic amines) is 1. The lowest BCUT2D eigenvalue weighted by Gasteiger charge is -2.32. The molecule has 0 spiro atoms. The number of fused-ring (bicyclic) bond motifs is 1. The number of pyridine rings is 1. The van der Waals surface area contributed by atoms with Gasteiger partial charge in [-0.1, -0.05) is 29.3 Å². The van der Waals surface area contributed by atoms with Gasteiger partial charge in [-0.25, -0.2) is 9.78 Å². The van der Waals surface area contributed by atoms with Crippen LogP contribution in [0.3, 0.4) is 0 Å². The largest absolute Gasteiger partial charge is 0.346 e. The smallest absolute Gasteiger partial charge is 0.321 e. The van der Waals surface area contributed by atoms with E-state index in [1.807, 2.05) is 41.4 Å². The summed E-state index contributed by atoms with van der Waals surface area (Å²) in [5, 5.41) is 5.11. The van der Waals surface area contributed by atoms with Gasteiger partial charge in [-0.05, 0) is 55.0 Å². The van der Waals surface area contributed by atoms with Crippen LogP contribution in [0.5, 0.6) is 0 Å². The highest BCUT2D eigenvalue weighted by Gasteiger charge is 2.23. The summed E-state index contributed by atoms with van der Waals surface area (Å²) in [6.07, 6.45) is 6.42. The Morgan fingerprint density at radius 1 is 1.19 bits per heavy atom. The number of H-pyrrole nitrogens is 1. The normalized spacial score (nSPS) is 15.3. The summed E-state index contributed by atoms with van der Waals surface area (Å²) in [6, 6.07) is 9.60. The van der Waals surface area contributed by atoms with Crippen molar-refractivity contribution in [2.75, 3.05) is 18.4 Å². The number of amides is 2. The van der Waals surface area contributed by atoms with Crippen LogP contribution in [-0.2, 0) is 6.42 Å². The second-order valence-electron chi connectivity index (χ2n) is 6.95. The number of rotatable bonds is 3.